The van der Waals surface area contributed by atoms with Gasteiger partial charge in [-0.05, 0) is 27.7 Å². The minimum Gasteiger partial charge on any atom is -0.360 e. The highest BCUT2D eigenvalue weighted by molar-refractivity contribution is 7.89. The third kappa shape index (κ3) is 2.17. The molecule has 0 radical (unpaired) electrons. The van der Waals surface area contributed by atoms with Crippen LogP contribution >= 0.6 is 0 Å². The van der Waals surface area contributed by atoms with E-state index in [1.54, 1.807) is 13.8 Å². The van der Waals surface area contributed by atoms with Gasteiger partial charge < -0.3 is 9.84 Å². The van der Waals surface area contributed by atoms with Crippen LogP contribution in [0.4, 0.5) is 0 Å². The minimum atomic E-state index is -3.53. The average Bonchev–Trinajstić information content (AvgIpc) is 2.62. The molecule has 18 heavy (non-hydrogen) atoms. The van der Waals surface area contributed by atoms with Gasteiger partial charge >= 0.3 is 0 Å². The number of hydrogen-bond acceptors (Lipinski definition) is 5. The lowest BCUT2D eigenvalue weighted by atomic mass is 10.2. The van der Waals surface area contributed by atoms with Crippen LogP contribution in [-0.4, -0.2) is 43.1 Å². The Morgan fingerprint density at radius 2 is 2.06 bits per heavy atom. The van der Waals surface area contributed by atoms with Crippen LogP contribution in [0, 0.1) is 13.8 Å². The molecule has 6 nitrogen and oxygen atoms in total. The summed E-state index contributed by atoms with van der Waals surface area (Å²) in [4.78, 5) is 0.212. The van der Waals surface area contributed by atoms with Crippen molar-refractivity contribution in [3.63, 3.8) is 0 Å². The van der Waals surface area contributed by atoms with E-state index in [0.29, 0.717) is 24.5 Å². The second-order valence-electron chi connectivity index (χ2n) is 4.89. The molecule has 2 unspecified atom stereocenters. The van der Waals surface area contributed by atoms with Gasteiger partial charge in [0.2, 0.25) is 10.0 Å². The molecule has 1 aromatic rings. The normalized spacial score (nSPS) is 26.4. The number of aryl methyl sites for hydroxylation is 2. The number of hydrogen-bond donors (Lipinski definition) is 1. The van der Waals surface area contributed by atoms with E-state index in [2.05, 4.69) is 10.5 Å². The fourth-order valence-corrected chi connectivity index (χ4v) is 4.30. The first-order chi connectivity index (χ1) is 8.34. The largest absolute Gasteiger partial charge is 0.360 e. The summed E-state index contributed by atoms with van der Waals surface area (Å²) in [6.45, 7) is 8.27. The van der Waals surface area contributed by atoms with Crippen molar-refractivity contribution >= 4 is 10.0 Å². The number of aromatic nitrogens is 1. The Labute approximate surface area is 107 Å². The predicted molar refractivity (Wildman–Crippen MR) is 66.8 cm³/mol. The molecule has 0 spiro atoms. The molecule has 0 aromatic carbocycles. The van der Waals surface area contributed by atoms with Gasteiger partial charge in [-0.2, -0.15) is 4.31 Å². The summed E-state index contributed by atoms with van der Waals surface area (Å²) in [5, 5.41) is 6.99. The Balaban J connectivity index is 2.42. The summed E-state index contributed by atoms with van der Waals surface area (Å²) < 4.78 is 31.8. The van der Waals surface area contributed by atoms with E-state index in [9.17, 15) is 8.42 Å². The van der Waals surface area contributed by atoms with E-state index in [-0.39, 0.29) is 17.0 Å². The standard InChI is InChI=1S/C11H19N3O3S/c1-7-6-14(8(2)5-12-7)18(15,16)11-9(3)13-17-10(11)4/h7-8,12H,5-6H2,1-4H3. The summed E-state index contributed by atoms with van der Waals surface area (Å²) in [7, 11) is -3.53. The van der Waals surface area contributed by atoms with Gasteiger partial charge in [-0.25, -0.2) is 8.42 Å². The summed E-state index contributed by atoms with van der Waals surface area (Å²) in [5.74, 6) is 0.353. The van der Waals surface area contributed by atoms with Gasteiger partial charge in [0, 0.05) is 25.2 Å². The lowest BCUT2D eigenvalue weighted by Gasteiger charge is -2.36. The van der Waals surface area contributed by atoms with Gasteiger partial charge in [0.25, 0.3) is 0 Å². The van der Waals surface area contributed by atoms with Gasteiger partial charge in [-0.3, -0.25) is 0 Å². The second-order valence-corrected chi connectivity index (χ2v) is 6.71. The molecule has 1 aliphatic rings. The van der Waals surface area contributed by atoms with E-state index in [4.69, 9.17) is 4.52 Å². The first-order valence-corrected chi connectivity index (χ1v) is 7.46. The SMILES string of the molecule is Cc1noc(C)c1S(=O)(=O)N1CC(C)NCC1C. The third-order valence-electron chi connectivity index (χ3n) is 3.24. The fraction of sp³-hybridized carbons (Fsp3) is 0.727. The monoisotopic (exact) mass is 273 g/mol. The van der Waals surface area contributed by atoms with E-state index < -0.39 is 10.0 Å². The quantitative estimate of drug-likeness (QED) is 0.857. The van der Waals surface area contributed by atoms with E-state index in [0.717, 1.165) is 0 Å². The second kappa shape index (κ2) is 4.64. The number of sulfonamides is 1. The molecule has 1 saturated heterocycles. The first-order valence-electron chi connectivity index (χ1n) is 6.02. The van der Waals surface area contributed by atoms with E-state index in [1.807, 2.05) is 13.8 Å². The molecule has 2 rings (SSSR count). The molecular weight excluding hydrogens is 254 g/mol. The molecule has 2 heterocycles. The number of nitrogens with one attached hydrogen (secondary N) is 1. The molecule has 1 fully saturated rings. The van der Waals surface area contributed by atoms with Crippen molar-refractivity contribution in [2.24, 2.45) is 0 Å². The number of rotatable bonds is 2. The zero-order chi connectivity index (χ0) is 13.5. The Hall–Kier alpha value is -0.920. The van der Waals surface area contributed by atoms with Gasteiger partial charge in [0.1, 0.15) is 10.6 Å². The lowest BCUT2D eigenvalue weighted by molar-refractivity contribution is 0.244. The molecule has 2 atom stereocenters. The molecule has 0 saturated carbocycles. The Bertz CT molecular complexity index is 518. The van der Waals surface area contributed by atoms with Crippen LogP contribution in [0.15, 0.2) is 9.42 Å². The Kier molecular flexibility index (Phi) is 3.48. The van der Waals surface area contributed by atoms with Crippen LogP contribution in [0.25, 0.3) is 0 Å². The highest BCUT2D eigenvalue weighted by Gasteiger charge is 2.36. The Morgan fingerprint density at radius 3 is 2.61 bits per heavy atom. The maximum atomic E-state index is 12.6. The third-order valence-corrected chi connectivity index (χ3v) is 5.47. The van der Waals surface area contributed by atoms with Crippen molar-refractivity contribution in [1.29, 1.82) is 0 Å². The van der Waals surface area contributed by atoms with Crippen molar-refractivity contribution in [3.8, 4) is 0 Å². The minimum absolute atomic E-state index is 0.0695. The smallest absolute Gasteiger partial charge is 0.248 e. The van der Waals surface area contributed by atoms with Gasteiger partial charge in [0.15, 0.2) is 5.76 Å². The summed E-state index contributed by atoms with van der Waals surface area (Å²) in [6, 6.07) is 0.0800. The summed E-state index contributed by atoms with van der Waals surface area (Å²) >= 11 is 0. The van der Waals surface area contributed by atoms with Gasteiger partial charge in [0.05, 0.1) is 0 Å². The highest BCUT2D eigenvalue weighted by Crippen LogP contribution is 2.25. The van der Waals surface area contributed by atoms with Crippen LogP contribution in [0.3, 0.4) is 0 Å². The molecule has 1 N–H and O–H groups in total. The van der Waals surface area contributed by atoms with Gasteiger partial charge in [-0.1, -0.05) is 5.16 Å². The maximum Gasteiger partial charge on any atom is 0.248 e. The molecular formula is C11H19N3O3S. The first kappa shape index (κ1) is 13.5. The van der Waals surface area contributed by atoms with Crippen molar-refractivity contribution < 1.29 is 12.9 Å². The maximum absolute atomic E-state index is 12.6. The number of piperazine rings is 1. The van der Waals surface area contributed by atoms with E-state index in [1.165, 1.54) is 4.31 Å². The molecule has 0 amide bonds. The van der Waals surface area contributed by atoms with Crippen molar-refractivity contribution in [3.05, 3.63) is 11.5 Å². The lowest BCUT2D eigenvalue weighted by Crippen LogP contribution is -2.56. The summed E-state index contributed by atoms with van der Waals surface area (Å²) in [5.41, 5.74) is 0.422. The van der Waals surface area contributed by atoms with Gasteiger partial charge in [-0.15, -0.1) is 0 Å². The zero-order valence-corrected chi connectivity index (χ0v) is 11.9. The molecule has 102 valence electrons. The number of nitrogens with zero attached hydrogens (tertiary/aromatic N) is 2. The molecule has 7 heteroatoms. The molecule has 0 bridgehead atoms. The van der Waals surface area contributed by atoms with Crippen LogP contribution in [0.2, 0.25) is 0 Å². The van der Waals surface area contributed by atoms with Crippen LogP contribution in [0.1, 0.15) is 25.3 Å². The topological polar surface area (TPSA) is 75.4 Å². The van der Waals surface area contributed by atoms with Crippen molar-refractivity contribution in [2.45, 2.75) is 44.7 Å². The summed E-state index contributed by atoms with van der Waals surface area (Å²) in [6.07, 6.45) is 0. The van der Waals surface area contributed by atoms with Crippen LogP contribution in [-0.2, 0) is 10.0 Å². The highest BCUT2D eigenvalue weighted by atomic mass is 32.2. The predicted octanol–water partition coefficient (Wildman–Crippen LogP) is 0.662. The van der Waals surface area contributed by atoms with Crippen LogP contribution in [0.5, 0.6) is 0 Å². The average molecular weight is 273 g/mol. The molecule has 1 aromatic heterocycles. The van der Waals surface area contributed by atoms with Crippen LogP contribution < -0.4 is 5.32 Å². The van der Waals surface area contributed by atoms with E-state index >= 15 is 0 Å². The van der Waals surface area contributed by atoms with Crippen molar-refractivity contribution in [2.75, 3.05) is 13.1 Å². The zero-order valence-electron chi connectivity index (χ0n) is 11.1. The van der Waals surface area contributed by atoms with Crippen molar-refractivity contribution in [1.82, 2.24) is 14.8 Å². The fourth-order valence-electron chi connectivity index (χ4n) is 2.28. The molecule has 0 aliphatic carbocycles. The Morgan fingerprint density at radius 1 is 1.39 bits per heavy atom. The molecule has 1 aliphatic heterocycles.